The molecule has 2 aliphatic rings. The first kappa shape index (κ1) is 26.3. The molecule has 1 heterocycles. The number of aromatic hydroxyl groups is 1. The van der Waals surface area contributed by atoms with Crippen LogP contribution >= 0.6 is 0 Å². The zero-order valence-corrected chi connectivity index (χ0v) is 22.3. The molecule has 1 aliphatic heterocycles. The van der Waals surface area contributed by atoms with Gasteiger partial charge in [0.15, 0.2) is 11.6 Å². The normalized spacial score (nSPS) is 17.6. The molecule has 3 aromatic rings. The molecule has 3 aromatic carbocycles. The Bertz CT molecular complexity index is 1240. The van der Waals surface area contributed by atoms with Crippen LogP contribution in [0.5, 0.6) is 17.2 Å². The second-order valence-corrected chi connectivity index (χ2v) is 10.2. The molecular weight excluding hydrogens is 483 g/mol. The summed E-state index contributed by atoms with van der Waals surface area (Å²) in [6.45, 7) is 5.03. The minimum absolute atomic E-state index is 0.290. The molecule has 0 saturated carbocycles. The van der Waals surface area contributed by atoms with Crippen molar-refractivity contribution in [3.63, 3.8) is 0 Å². The van der Waals surface area contributed by atoms with Crippen molar-refractivity contribution in [2.75, 3.05) is 58.5 Å². The van der Waals surface area contributed by atoms with E-state index in [1.54, 1.807) is 25.3 Å². The van der Waals surface area contributed by atoms with Crippen LogP contribution in [-0.4, -0.2) is 63.6 Å². The van der Waals surface area contributed by atoms with E-state index in [1.165, 1.54) is 16.7 Å². The number of methoxy groups -OCH3 is 1. The minimum atomic E-state index is -0.337. The van der Waals surface area contributed by atoms with Crippen molar-refractivity contribution in [3.8, 4) is 17.2 Å². The van der Waals surface area contributed by atoms with E-state index < -0.39 is 0 Å². The third-order valence-electron chi connectivity index (χ3n) is 7.69. The van der Waals surface area contributed by atoms with E-state index in [9.17, 15) is 9.50 Å². The highest BCUT2D eigenvalue weighted by Gasteiger charge is 2.24. The fraction of sp³-hybridized carbons (Fsp3) is 0.419. The molecule has 0 radical (unpaired) electrons. The third-order valence-corrected chi connectivity index (χ3v) is 7.69. The van der Waals surface area contributed by atoms with Gasteiger partial charge in [-0.25, -0.2) is 4.39 Å². The standard InChI is InChI=1S/C31H37FN2O4/c1-33(21-22-3-10-31(29(32)17-22)38-16-13-34-11-14-37-15-12-34)30-20-27(36-2)8-9-28(30)25-5-4-24-19-26(35)7-6-23(24)18-25/h3,6-10,17,19-20,25,35H,4-5,11-16,18,21H2,1-2H3. The fourth-order valence-electron chi connectivity index (χ4n) is 5.56. The molecule has 1 N–H and O–H groups in total. The van der Waals surface area contributed by atoms with Gasteiger partial charge in [0.2, 0.25) is 0 Å². The number of hydrogen-bond acceptors (Lipinski definition) is 6. The number of nitrogens with zero attached hydrogens (tertiary/aromatic N) is 2. The number of rotatable bonds is 9. The first-order valence-electron chi connectivity index (χ1n) is 13.4. The summed E-state index contributed by atoms with van der Waals surface area (Å²) in [7, 11) is 3.72. The van der Waals surface area contributed by atoms with Gasteiger partial charge in [-0.15, -0.1) is 0 Å². The Morgan fingerprint density at radius 3 is 2.68 bits per heavy atom. The first-order chi connectivity index (χ1) is 18.5. The minimum Gasteiger partial charge on any atom is -0.508 e. The van der Waals surface area contributed by atoms with Gasteiger partial charge in [0.1, 0.15) is 18.1 Å². The Morgan fingerprint density at radius 1 is 1.05 bits per heavy atom. The lowest BCUT2D eigenvalue weighted by Crippen LogP contribution is -2.38. The van der Waals surface area contributed by atoms with E-state index >= 15 is 0 Å². The predicted molar refractivity (Wildman–Crippen MR) is 147 cm³/mol. The average molecular weight is 521 g/mol. The number of phenols is 1. The molecule has 1 unspecified atom stereocenters. The average Bonchev–Trinajstić information content (AvgIpc) is 2.94. The maximum absolute atomic E-state index is 14.9. The molecule has 1 fully saturated rings. The zero-order valence-electron chi connectivity index (χ0n) is 22.3. The third kappa shape index (κ3) is 6.22. The van der Waals surface area contributed by atoms with Crippen LogP contribution in [0.1, 0.15) is 34.6 Å². The smallest absolute Gasteiger partial charge is 0.165 e. The largest absolute Gasteiger partial charge is 0.508 e. The van der Waals surface area contributed by atoms with Gasteiger partial charge in [0.25, 0.3) is 0 Å². The lowest BCUT2D eigenvalue weighted by molar-refractivity contribution is 0.0320. The van der Waals surface area contributed by atoms with Gasteiger partial charge in [-0.3, -0.25) is 4.90 Å². The van der Waals surface area contributed by atoms with Crippen molar-refractivity contribution in [1.82, 2.24) is 4.90 Å². The lowest BCUT2D eigenvalue weighted by Gasteiger charge is -2.30. The molecule has 1 aliphatic carbocycles. The molecule has 0 aromatic heterocycles. The summed E-state index contributed by atoms with van der Waals surface area (Å²) in [6, 6.07) is 17.2. The highest BCUT2D eigenvalue weighted by atomic mass is 19.1. The number of fused-ring (bicyclic) bond motifs is 1. The van der Waals surface area contributed by atoms with Crippen LogP contribution in [-0.2, 0) is 24.1 Å². The Kier molecular flexibility index (Phi) is 8.35. The molecule has 1 atom stereocenters. The maximum Gasteiger partial charge on any atom is 0.165 e. The summed E-state index contributed by atoms with van der Waals surface area (Å²) in [5.74, 6) is 1.43. The highest BCUT2D eigenvalue weighted by molar-refractivity contribution is 5.59. The Hall–Kier alpha value is -3.29. The van der Waals surface area contributed by atoms with Crippen molar-refractivity contribution in [1.29, 1.82) is 0 Å². The Balaban J connectivity index is 1.27. The van der Waals surface area contributed by atoms with Gasteiger partial charge < -0.3 is 24.2 Å². The monoisotopic (exact) mass is 520 g/mol. The predicted octanol–water partition coefficient (Wildman–Crippen LogP) is 5.16. The van der Waals surface area contributed by atoms with Crippen LogP contribution in [0.2, 0.25) is 0 Å². The van der Waals surface area contributed by atoms with Crippen LogP contribution in [0, 0.1) is 5.82 Å². The molecule has 0 bridgehead atoms. The second kappa shape index (κ2) is 12.0. The SMILES string of the molecule is COc1ccc(C2CCc3cc(O)ccc3C2)c(N(C)Cc2ccc(OCCN3CCOCC3)c(F)c2)c1. The van der Waals surface area contributed by atoms with Crippen LogP contribution < -0.4 is 14.4 Å². The topological polar surface area (TPSA) is 54.4 Å². The number of ether oxygens (including phenoxy) is 3. The number of benzene rings is 3. The molecule has 0 spiro atoms. The molecular formula is C31H37FN2O4. The molecule has 5 rings (SSSR count). The van der Waals surface area contributed by atoms with Crippen molar-refractivity contribution >= 4 is 5.69 Å². The summed E-state index contributed by atoms with van der Waals surface area (Å²) >= 11 is 0. The van der Waals surface area contributed by atoms with Crippen molar-refractivity contribution in [2.45, 2.75) is 31.7 Å². The zero-order chi connectivity index (χ0) is 26.5. The summed E-state index contributed by atoms with van der Waals surface area (Å²) in [6.07, 6.45) is 2.87. The van der Waals surface area contributed by atoms with Gasteiger partial charge in [0.05, 0.1) is 20.3 Å². The van der Waals surface area contributed by atoms with Crippen molar-refractivity contribution < 1.29 is 23.7 Å². The van der Waals surface area contributed by atoms with Gasteiger partial charge in [-0.1, -0.05) is 18.2 Å². The number of halogens is 1. The van der Waals surface area contributed by atoms with Gasteiger partial charge >= 0.3 is 0 Å². The highest BCUT2D eigenvalue weighted by Crippen LogP contribution is 2.40. The van der Waals surface area contributed by atoms with E-state index in [1.807, 2.05) is 31.3 Å². The number of hydrogen-bond donors (Lipinski definition) is 1. The van der Waals surface area contributed by atoms with Crippen LogP contribution in [0.3, 0.4) is 0 Å². The summed E-state index contributed by atoms with van der Waals surface area (Å²) in [5, 5.41) is 9.86. The molecule has 38 heavy (non-hydrogen) atoms. The molecule has 0 amide bonds. The summed E-state index contributed by atoms with van der Waals surface area (Å²) < 4.78 is 31.6. The summed E-state index contributed by atoms with van der Waals surface area (Å²) in [4.78, 5) is 4.43. The molecule has 1 saturated heterocycles. The summed E-state index contributed by atoms with van der Waals surface area (Å²) in [5.41, 5.74) is 5.74. The number of phenolic OH excluding ortho intramolecular Hbond substituents is 1. The number of aryl methyl sites for hydroxylation is 1. The quantitative estimate of drug-likeness (QED) is 0.421. The van der Waals surface area contributed by atoms with E-state index in [0.29, 0.717) is 30.6 Å². The number of anilines is 1. The fourth-order valence-corrected chi connectivity index (χ4v) is 5.56. The van der Waals surface area contributed by atoms with Crippen LogP contribution in [0.25, 0.3) is 0 Å². The van der Waals surface area contributed by atoms with Gasteiger partial charge in [-0.05, 0) is 77.8 Å². The van der Waals surface area contributed by atoms with Gasteiger partial charge in [-0.2, -0.15) is 0 Å². The van der Waals surface area contributed by atoms with E-state index in [4.69, 9.17) is 14.2 Å². The number of morpholine rings is 1. The Labute approximate surface area is 224 Å². The first-order valence-corrected chi connectivity index (χ1v) is 13.4. The van der Waals surface area contributed by atoms with Crippen molar-refractivity contribution in [3.05, 3.63) is 82.7 Å². The van der Waals surface area contributed by atoms with Crippen molar-refractivity contribution in [2.24, 2.45) is 0 Å². The molecule has 6 nitrogen and oxygen atoms in total. The van der Waals surface area contributed by atoms with E-state index in [0.717, 1.165) is 69.1 Å². The Morgan fingerprint density at radius 2 is 1.89 bits per heavy atom. The van der Waals surface area contributed by atoms with E-state index in [-0.39, 0.29) is 5.82 Å². The molecule has 202 valence electrons. The molecule has 7 heteroatoms. The van der Waals surface area contributed by atoms with E-state index in [2.05, 4.69) is 21.9 Å². The second-order valence-electron chi connectivity index (χ2n) is 10.2. The lowest BCUT2D eigenvalue weighted by atomic mass is 9.79. The van der Waals surface area contributed by atoms with Gasteiger partial charge in [0, 0.05) is 45.0 Å². The maximum atomic E-state index is 14.9. The van der Waals surface area contributed by atoms with Crippen LogP contribution in [0.15, 0.2) is 54.6 Å². The van der Waals surface area contributed by atoms with Crippen LogP contribution in [0.4, 0.5) is 10.1 Å².